The predicted molar refractivity (Wildman–Crippen MR) is 137 cm³/mol. The largest absolute Gasteiger partial charge is 0.379 e. The molecule has 0 radical (unpaired) electrons. The average Bonchev–Trinajstić information content (AvgIpc) is 3.38. The smallest absolute Gasteiger partial charge is 0.241 e. The summed E-state index contributed by atoms with van der Waals surface area (Å²) < 4.78 is 10.9. The Hall–Kier alpha value is -2.78. The van der Waals surface area contributed by atoms with Crippen molar-refractivity contribution in [1.29, 1.82) is 0 Å². The molecule has 2 aliphatic rings. The van der Waals surface area contributed by atoms with Crippen LogP contribution in [0.2, 0.25) is 5.02 Å². The van der Waals surface area contributed by atoms with E-state index in [0.29, 0.717) is 29.8 Å². The lowest BCUT2D eigenvalue weighted by atomic mass is 9.96. The molecule has 36 heavy (non-hydrogen) atoms. The number of aromatic nitrogens is 2. The first-order valence-electron chi connectivity index (χ1n) is 12.6. The van der Waals surface area contributed by atoms with Gasteiger partial charge in [-0.1, -0.05) is 41.0 Å². The third-order valence-electron chi connectivity index (χ3n) is 6.89. The van der Waals surface area contributed by atoms with Crippen LogP contribution in [0.1, 0.15) is 29.9 Å². The third kappa shape index (κ3) is 6.70. The Labute approximate surface area is 216 Å². The first-order chi connectivity index (χ1) is 17.6. The van der Waals surface area contributed by atoms with Crippen molar-refractivity contribution < 1.29 is 14.1 Å². The number of carbonyl (C=O) groups excluding carboxylic acids is 1. The number of hydrogen-bond donors (Lipinski definition) is 1. The Morgan fingerprint density at radius 1 is 0.917 bits per heavy atom. The standard InChI is InChI=1S/C27H32ClN5O3/c28-24-7-5-22(6-8-24)26-30-25(36-31-26)19-32-11-9-23(10-12-32)27(34)29-17-20-1-3-21(4-2-20)18-33-13-15-35-16-14-33/h1-8,23H,9-19H2,(H,29,34). The van der Waals surface area contributed by atoms with Gasteiger partial charge in [-0.05, 0) is 61.3 Å². The van der Waals surface area contributed by atoms with Crippen molar-refractivity contribution in [2.45, 2.75) is 32.5 Å². The van der Waals surface area contributed by atoms with Crippen LogP contribution in [-0.2, 0) is 29.2 Å². The van der Waals surface area contributed by atoms with Gasteiger partial charge in [0, 0.05) is 42.7 Å². The Bertz CT molecular complexity index is 1120. The van der Waals surface area contributed by atoms with Gasteiger partial charge in [-0.25, -0.2) is 0 Å². The predicted octanol–water partition coefficient (Wildman–Crippen LogP) is 3.75. The van der Waals surface area contributed by atoms with E-state index in [-0.39, 0.29) is 11.8 Å². The molecule has 0 aliphatic carbocycles. The van der Waals surface area contributed by atoms with Crippen LogP contribution in [0.5, 0.6) is 0 Å². The van der Waals surface area contributed by atoms with Crippen LogP contribution in [0, 0.1) is 5.92 Å². The number of likely N-dealkylation sites (tertiary alicyclic amines) is 1. The Morgan fingerprint density at radius 3 is 2.31 bits per heavy atom. The Kier molecular flexibility index (Phi) is 8.28. The van der Waals surface area contributed by atoms with Crippen molar-refractivity contribution in [1.82, 2.24) is 25.3 Å². The normalized spacial score (nSPS) is 17.8. The number of amides is 1. The van der Waals surface area contributed by atoms with Crippen LogP contribution in [0.3, 0.4) is 0 Å². The van der Waals surface area contributed by atoms with Gasteiger partial charge < -0.3 is 14.6 Å². The van der Waals surface area contributed by atoms with E-state index < -0.39 is 0 Å². The van der Waals surface area contributed by atoms with Gasteiger partial charge in [0.1, 0.15) is 0 Å². The maximum Gasteiger partial charge on any atom is 0.241 e. The van der Waals surface area contributed by atoms with Crippen LogP contribution in [-0.4, -0.2) is 65.2 Å². The van der Waals surface area contributed by atoms with Crippen molar-refractivity contribution in [3.8, 4) is 11.4 Å². The number of morpholine rings is 1. The van der Waals surface area contributed by atoms with Crippen molar-refractivity contribution in [2.24, 2.45) is 5.92 Å². The first-order valence-corrected chi connectivity index (χ1v) is 13.0. The molecule has 0 spiro atoms. The minimum atomic E-state index is 0.0363. The van der Waals surface area contributed by atoms with Gasteiger partial charge in [0.15, 0.2) is 0 Å². The molecule has 0 atom stereocenters. The molecular weight excluding hydrogens is 478 g/mol. The summed E-state index contributed by atoms with van der Waals surface area (Å²) >= 11 is 5.95. The highest BCUT2D eigenvalue weighted by Crippen LogP contribution is 2.22. The maximum absolute atomic E-state index is 12.8. The number of benzene rings is 2. The molecule has 1 amide bonds. The lowest BCUT2D eigenvalue weighted by molar-refractivity contribution is -0.126. The molecule has 2 saturated heterocycles. The molecule has 8 nitrogen and oxygen atoms in total. The van der Waals surface area contributed by atoms with Crippen LogP contribution in [0.25, 0.3) is 11.4 Å². The lowest BCUT2D eigenvalue weighted by Crippen LogP contribution is -2.40. The summed E-state index contributed by atoms with van der Waals surface area (Å²) in [7, 11) is 0. The highest BCUT2D eigenvalue weighted by molar-refractivity contribution is 6.30. The molecule has 9 heteroatoms. The molecule has 3 heterocycles. The van der Waals surface area contributed by atoms with E-state index in [1.165, 1.54) is 5.56 Å². The van der Waals surface area contributed by atoms with Crippen molar-refractivity contribution in [3.63, 3.8) is 0 Å². The van der Waals surface area contributed by atoms with Gasteiger partial charge in [0.25, 0.3) is 0 Å². The van der Waals surface area contributed by atoms with Crippen LogP contribution in [0.4, 0.5) is 0 Å². The van der Waals surface area contributed by atoms with E-state index in [0.717, 1.165) is 69.9 Å². The second-order valence-corrected chi connectivity index (χ2v) is 9.93. The zero-order chi connectivity index (χ0) is 24.7. The second kappa shape index (κ2) is 12.0. The van der Waals surface area contributed by atoms with Gasteiger partial charge in [-0.3, -0.25) is 14.6 Å². The number of halogens is 1. The van der Waals surface area contributed by atoms with Gasteiger partial charge in [0.05, 0.1) is 19.8 Å². The second-order valence-electron chi connectivity index (χ2n) is 9.49. The van der Waals surface area contributed by atoms with Crippen molar-refractivity contribution in [2.75, 3.05) is 39.4 Å². The third-order valence-corrected chi connectivity index (χ3v) is 7.14. The zero-order valence-electron chi connectivity index (χ0n) is 20.4. The molecule has 0 unspecified atom stereocenters. The number of hydrogen-bond acceptors (Lipinski definition) is 7. The summed E-state index contributed by atoms with van der Waals surface area (Å²) in [6.07, 6.45) is 1.64. The summed E-state index contributed by atoms with van der Waals surface area (Å²) in [5.41, 5.74) is 3.29. The number of nitrogens with zero attached hydrogens (tertiary/aromatic N) is 4. The molecule has 0 bridgehead atoms. The molecule has 0 saturated carbocycles. The highest BCUT2D eigenvalue weighted by Gasteiger charge is 2.26. The zero-order valence-corrected chi connectivity index (χ0v) is 21.1. The van der Waals surface area contributed by atoms with Crippen molar-refractivity contribution >= 4 is 17.5 Å². The van der Waals surface area contributed by atoms with E-state index in [9.17, 15) is 4.79 Å². The van der Waals surface area contributed by atoms with E-state index >= 15 is 0 Å². The SMILES string of the molecule is O=C(NCc1ccc(CN2CCOCC2)cc1)C1CCN(Cc2nc(-c3ccc(Cl)cc3)no2)CC1. The quantitative estimate of drug-likeness (QED) is 0.495. The van der Waals surface area contributed by atoms with Crippen LogP contribution in [0.15, 0.2) is 53.1 Å². The molecule has 190 valence electrons. The number of carbonyl (C=O) groups is 1. The maximum atomic E-state index is 12.8. The highest BCUT2D eigenvalue weighted by atomic mass is 35.5. The average molecular weight is 510 g/mol. The summed E-state index contributed by atoms with van der Waals surface area (Å²) in [6, 6.07) is 15.9. The van der Waals surface area contributed by atoms with Crippen molar-refractivity contribution in [3.05, 3.63) is 70.6 Å². The van der Waals surface area contributed by atoms with E-state index in [1.54, 1.807) is 0 Å². The summed E-state index contributed by atoms with van der Waals surface area (Å²) in [4.78, 5) is 21.9. The monoisotopic (exact) mass is 509 g/mol. The first kappa shape index (κ1) is 24.9. The number of nitrogens with one attached hydrogen (secondary N) is 1. The Morgan fingerprint density at radius 2 is 1.58 bits per heavy atom. The summed E-state index contributed by atoms with van der Waals surface area (Å²) in [6.45, 7) is 7.33. The summed E-state index contributed by atoms with van der Waals surface area (Å²) in [5, 5.41) is 7.88. The fraction of sp³-hybridized carbons (Fsp3) is 0.444. The van der Waals surface area contributed by atoms with Gasteiger partial charge >= 0.3 is 0 Å². The Balaban J connectivity index is 1.03. The summed E-state index contributed by atoms with van der Waals surface area (Å²) in [5.74, 6) is 1.31. The van der Waals surface area contributed by atoms with Gasteiger partial charge in [-0.15, -0.1) is 0 Å². The molecular formula is C27H32ClN5O3. The number of piperidine rings is 1. The molecule has 5 rings (SSSR count). The van der Waals surface area contributed by atoms with E-state index in [2.05, 4.69) is 49.5 Å². The minimum Gasteiger partial charge on any atom is -0.379 e. The van der Waals surface area contributed by atoms with E-state index in [1.807, 2.05) is 24.3 Å². The lowest BCUT2D eigenvalue weighted by Gasteiger charge is -2.30. The van der Waals surface area contributed by atoms with Gasteiger partial charge in [-0.2, -0.15) is 4.98 Å². The molecule has 3 aromatic rings. The fourth-order valence-corrected chi connectivity index (χ4v) is 4.82. The molecule has 2 fully saturated rings. The molecule has 2 aromatic carbocycles. The number of ether oxygens (including phenoxy) is 1. The van der Waals surface area contributed by atoms with E-state index in [4.69, 9.17) is 20.9 Å². The fourth-order valence-electron chi connectivity index (χ4n) is 4.69. The number of rotatable bonds is 8. The van der Waals surface area contributed by atoms with Crippen LogP contribution < -0.4 is 5.32 Å². The minimum absolute atomic E-state index is 0.0363. The van der Waals surface area contributed by atoms with Gasteiger partial charge in [0.2, 0.25) is 17.6 Å². The molecule has 2 aliphatic heterocycles. The molecule has 1 N–H and O–H groups in total. The van der Waals surface area contributed by atoms with Crippen LogP contribution >= 0.6 is 11.6 Å². The topological polar surface area (TPSA) is 83.7 Å². The molecule has 1 aromatic heterocycles.